The molecule has 0 spiro atoms. The van der Waals surface area contributed by atoms with Crippen molar-refractivity contribution in [1.82, 2.24) is 9.55 Å². The van der Waals surface area contributed by atoms with Crippen LogP contribution in [0.2, 0.25) is 0 Å². The van der Waals surface area contributed by atoms with E-state index in [4.69, 9.17) is 26.7 Å². The average molecular weight is 340 g/mol. The lowest BCUT2D eigenvalue weighted by molar-refractivity contribution is -0.0534. The number of aromatic nitrogens is 2. The molecule has 10 nitrogen and oxygen atoms in total. The number of phosphoric ester groups is 1. The maximum Gasteiger partial charge on any atom is 0.469 e. The van der Waals surface area contributed by atoms with Gasteiger partial charge < -0.3 is 24.7 Å². The highest BCUT2D eigenvalue weighted by Crippen LogP contribution is 2.38. The first-order valence-corrected chi connectivity index (χ1v) is 7.66. The minimum Gasteiger partial charge on any atom is -0.387 e. The molecule has 1 aliphatic heterocycles. The van der Waals surface area contributed by atoms with E-state index in [9.17, 15) is 19.6 Å². The molecule has 2 heterocycles. The van der Waals surface area contributed by atoms with E-state index in [2.05, 4.69) is 9.51 Å². The number of hydrogen-bond donors (Lipinski definition) is 5. The van der Waals surface area contributed by atoms with Gasteiger partial charge in [-0.05, 0) is 12.2 Å². The van der Waals surface area contributed by atoms with E-state index >= 15 is 0 Å². The zero-order chi connectivity index (χ0) is 15.8. The number of aliphatic hydroxyl groups is 2. The van der Waals surface area contributed by atoms with Gasteiger partial charge >= 0.3 is 7.82 Å². The highest BCUT2D eigenvalue weighted by molar-refractivity contribution is 7.71. The maximum absolute atomic E-state index is 11.1. The number of hydrogen-bond acceptors (Lipinski definition) is 7. The summed E-state index contributed by atoms with van der Waals surface area (Å²) < 4.78 is 21.3. The SMILES string of the molecule is O=c1ccn([C@H]2O[C@@H](COP(=O)(O)O)[C@H](O)[C@@H]2O)c(=S)[nH]1. The average Bonchev–Trinajstić information content (AvgIpc) is 2.64. The van der Waals surface area contributed by atoms with Crippen molar-refractivity contribution in [3.8, 4) is 0 Å². The fraction of sp³-hybridized carbons (Fsp3) is 0.556. The molecule has 1 saturated heterocycles. The minimum absolute atomic E-state index is 0.0321. The molecule has 1 aromatic rings. The summed E-state index contributed by atoms with van der Waals surface area (Å²) in [4.78, 5) is 30.6. The van der Waals surface area contributed by atoms with Gasteiger partial charge in [0, 0.05) is 12.3 Å². The summed E-state index contributed by atoms with van der Waals surface area (Å²) in [7, 11) is -4.72. The van der Waals surface area contributed by atoms with Gasteiger partial charge in [-0.15, -0.1) is 0 Å². The predicted molar refractivity (Wildman–Crippen MR) is 69.8 cm³/mol. The Bertz CT molecular complexity index is 668. The van der Waals surface area contributed by atoms with E-state index < -0.39 is 44.5 Å². The van der Waals surface area contributed by atoms with Gasteiger partial charge in [-0.1, -0.05) is 0 Å². The van der Waals surface area contributed by atoms with Crippen molar-refractivity contribution in [2.75, 3.05) is 6.61 Å². The Hall–Kier alpha value is -0.910. The second-order valence-electron chi connectivity index (χ2n) is 4.35. The van der Waals surface area contributed by atoms with E-state index in [0.717, 1.165) is 6.07 Å². The summed E-state index contributed by atoms with van der Waals surface area (Å²) in [6.45, 7) is -0.615. The summed E-state index contributed by atoms with van der Waals surface area (Å²) in [6.07, 6.45) is -3.85. The van der Waals surface area contributed by atoms with Gasteiger partial charge in [0.25, 0.3) is 5.56 Å². The monoisotopic (exact) mass is 340 g/mol. The van der Waals surface area contributed by atoms with Crippen molar-refractivity contribution in [2.45, 2.75) is 24.5 Å². The van der Waals surface area contributed by atoms with Crippen LogP contribution in [0, 0.1) is 4.77 Å². The third-order valence-corrected chi connectivity index (χ3v) is 3.67. The Labute approximate surface area is 122 Å². The number of nitrogens with one attached hydrogen (secondary N) is 1. The lowest BCUT2D eigenvalue weighted by Crippen LogP contribution is -2.33. The van der Waals surface area contributed by atoms with Crippen LogP contribution in [0.25, 0.3) is 0 Å². The predicted octanol–water partition coefficient (Wildman–Crippen LogP) is -1.37. The van der Waals surface area contributed by atoms with Crippen LogP contribution < -0.4 is 5.56 Å². The van der Waals surface area contributed by atoms with E-state index in [1.165, 1.54) is 10.8 Å². The van der Waals surface area contributed by atoms with Crippen LogP contribution in [0.15, 0.2) is 17.1 Å². The van der Waals surface area contributed by atoms with Crippen LogP contribution in [-0.4, -0.2) is 54.5 Å². The summed E-state index contributed by atoms with van der Waals surface area (Å²) in [5, 5.41) is 19.7. The van der Waals surface area contributed by atoms with Crippen LogP contribution in [0.5, 0.6) is 0 Å². The number of H-pyrrole nitrogens is 1. The van der Waals surface area contributed by atoms with Crippen molar-refractivity contribution < 1.29 is 33.8 Å². The molecule has 0 aliphatic carbocycles. The number of ether oxygens (including phenoxy) is 1. The quantitative estimate of drug-likeness (QED) is 0.330. The molecule has 0 radical (unpaired) electrons. The molecule has 0 bridgehead atoms. The third-order valence-electron chi connectivity index (χ3n) is 2.87. The zero-order valence-corrected chi connectivity index (χ0v) is 12.1. The van der Waals surface area contributed by atoms with Crippen LogP contribution >= 0.6 is 20.0 Å². The summed E-state index contributed by atoms with van der Waals surface area (Å²) in [6, 6.07) is 1.15. The Morgan fingerprint density at radius 2 is 2.10 bits per heavy atom. The molecule has 1 fully saturated rings. The zero-order valence-electron chi connectivity index (χ0n) is 10.4. The van der Waals surface area contributed by atoms with Crippen LogP contribution in [0.1, 0.15) is 6.23 Å². The summed E-state index contributed by atoms with van der Waals surface area (Å²) >= 11 is 4.91. The van der Waals surface area contributed by atoms with E-state index in [1.807, 2.05) is 0 Å². The van der Waals surface area contributed by atoms with Crippen LogP contribution in [0.3, 0.4) is 0 Å². The van der Waals surface area contributed by atoms with Crippen molar-refractivity contribution >= 4 is 20.0 Å². The molecular weight excluding hydrogens is 327 g/mol. The smallest absolute Gasteiger partial charge is 0.387 e. The Morgan fingerprint density at radius 3 is 2.67 bits per heavy atom. The third kappa shape index (κ3) is 3.84. The van der Waals surface area contributed by atoms with Crippen molar-refractivity contribution in [3.05, 3.63) is 27.4 Å². The van der Waals surface area contributed by atoms with Gasteiger partial charge in [-0.25, -0.2) is 4.57 Å². The van der Waals surface area contributed by atoms with Crippen molar-refractivity contribution in [2.24, 2.45) is 0 Å². The van der Waals surface area contributed by atoms with Crippen molar-refractivity contribution in [1.29, 1.82) is 0 Å². The first-order chi connectivity index (χ1) is 9.69. The first-order valence-electron chi connectivity index (χ1n) is 5.72. The molecule has 0 unspecified atom stereocenters. The van der Waals surface area contributed by atoms with E-state index in [-0.39, 0.29) is 4.77 Å². The lowest BCUT2D eigenvalue weighted by Gasteiger charge is -2.17. The Balaban J connectivity index is 2.18. The number of aliphatic hydroxyl groups excluding tert-OH is 2. The van der Waals surface area contributed by atoms with Crippen LogP contribution in [-0.2, 0) is 13.8 Å². The first kappa shape index (κ1) is 16.5. The number of rotatable bonds is 4. The minimum atomic E-state index is -4.72. The molecule has 21 heavy (non-hydrogen) atoms. The van der Waals surface area contributed by atoms with Gasteiger partial charge in [-0.2, -0.15) is 0 Å². The summed E-state index contributed by atoms with van der Waals surface area (Å²) in [5.41, 5.74) is -0.439. The highest BCUT2D eigenvalue weighted by atomic mass is 32.1. The van der Waals surface area contributed by atoms with Gasteiger partial charge in [0.2, 0.25) is 0 Å². The lowest BCUT2D eigenvalue weighted by atomic mass is 10.1. The molecule has 1 aromatic heterocycles. The maximum atomic E-state index is 11.1. The molecule has 0 amide bonds. The molecule has 4 atom stereocenters. The van der Waals surface area contributed by atoms with Crippen LogP contribution in [0.4, 0.5) is 0 Å². The van der Waals surface area contributed by atoms with E-state index in [0.29, 0.717) is 0 Å². The molecule has 5 N–H and O–H groups in total. The van der Waals surface area contributed by atoms with Gasteiger partial charge in [-0.3, -0.25) is 18.9 Å². The van der Waals surface area contributed by atoms with Crippen molar-refractivity contribution in [3.63, 3.8) is 0 Å². The molecule has 118 valence electrons. The topological polar surface area (TPSA) is 154 Å². The second-order valence-corrected chi connectivity index (χ2v) is 5.98. The number of phosphoric acid groups is 1. The Morgan fingerprint density at radius 1 is 1.43 bits per heavy atom. The van der Waals surface area contributed by atoms with E-state index in [1.54, 1.807) is 0 Å². The second kappa shape index (κ2) is 6.07. The number of nitrogens with zero attached hydrogens (tertiary/aromatic N) is 1. The fourth-order valence-corrected chi connectivity index (χ4v) is 2.50. The molecule has 1 aliphatic rings. The van der Waals surface area contributed by atoms with Gasteiger partial charge in [0.1, 0.15) is 18.3 Å². The van der Waals surface area contributed by atoms with Gasteiger partial charge in [0.15, 0.2) is 11.0 Å². The Kier molecular flexibility index (Phi) is 4.76. The summed E-state index contributed by atoms with van der Waals surface area (Å²) in [5.74, 6) is 0. The molecule has 2 rings (SSSR count). The van der Waals surface area contributed by atoms with Gasteiger partial charge in [0.05, 0.1) is 6.61 Å². The largest absolute Gasteiger partial charge is 0.469 e. The normalized spacial score (nSPS) is 29.7. The fourth-order valence-electron chi connectivity index (χ4n) is 1.89. The highest BCUT2D eigenvalue weighted by Gasteiger charge is 2.44. The molecule has 0 saturated carbocycles. The molecular formula is C9H13N2O8PS. The molecule has 0 aromatic carbocycles. The number of aromatic amines is 1. The standard InChI is InChI=1S/C9H13N2O8PS/c12-5-1-2-11(9(21)10-5)8-7(14)6(13)4(19-8)3-18-20(15,16)17/h1-2,4,6-8,13-14H,3H2,(H,10,12,21)(H2,15,16,17)/t4-,6-,7-,8-/m0/s1. The molecule has 12 heteroatoms.